The lowest BCUT2D eigenvalue weighted by Crippen LogP contribution is -1.98. The van der Waals surface area contributed by atoms with Gasteiger partial charge in [0.1, 0.15) is 6.10 Å². The van der Waals surface area contributed by atoms with Crippen LogP contribution in [-0.2, 0) is 11.2 Å². The minimum absolute atomic E-state index is 0.150. The molecule has 0 amide bonds. The first kappa shape index (κ1) is 10.7. The second kappa shape index (κ2) is 5.35. The fraction of sp³-hybridized carbons (Fsp3) is 0.667. The molecule has 1 unspecified atom stereocenters. The summed E-state index contributed by atoms with van der Waals surface area (Å²) in [6, 6.07) is 2.06. The van der Waals surface area contributed by atoms with Crippen LogP contribution in [0.15, 0.2) is 4.52 Å². The van der Waals surface area contributed by atoms with Gasteiger partial charge in [0.2, 0.25) is 5.89 Å². The van der Waals surface area contributed by atoms with Crippen LogP contribution < -0.4 is 0 Å². The zero-order chi connectivity index (χ0) is 10.4. The molecule has 0 saturated heterocycles. The van der Waals surface area contributed by atoms with Crippen LogP contribution in [0.25, 0.3) is 0 Å². The Hall–Kier alpha value is -1.41. The molecule has 0 spiro atoms. The van der Waals surface area contributed by atoms with Crippen molar-refractivity contribution in [3.8, 4) is 6.07 Å². The highest BCUT2D eigenvalue weighted by Gasteiger charge is 2.12. The largest absolute Gasteiger partial charge is 0.374 e. The van der Waals surface area contributed by atoms with Gasteiger partial charge < -0.3 is 9.26 Å². The Labute approximate surface area is 82.7 Å². The second-order valence-electron chi connectivity index (χ2n) is 2.94. The number of aromatic nitrogens is 2. The lowest BCUT2D eigenvalue weighted by molar-refractivity contribution is 0.109. The number of ether oxygens (including phenoxy) is 1. The van der Waals surface area contributed by atoms with Gasteiger partial charge in [0.15, 0.2) is 5.82 Å². The maximum atomic E-state index is 8.34. The van der Waals surface area contributed by atoms with Crippen LogP contribution in [-0.4, -0.2) is 17.3 Å². The molecule has 14 heavy (non-hydrogen) atoms. The Morgan fingerprint density at radius 3 is 3.07 bits per heavy atom. The van der Waals surface area contributed by atoms with E-state index in [1.165, 1.54) is 0 Å². The first-order valence-electron chi connectivity index (χ1n) is 4.50. The van der Waals surface area contributed by atoms with Gasteiger partial charge in [-0.15, -0.1) is 0 Å². The number of nitriles is 1. The Morgan fingerprint density at radius 2 is 2.43 bits per heavy atom. The van der Waals surface area contributed by atoms with Gasteiger partial charge in [0.05, 0.1) is 6.07 Å². The molecule has 0 aliphatic carbocycles. The summed E-state index contributed by atoms with van der Waals surface area (Å²) in [7, 11) is 1.59. The molecule has 5 nitrogen and oxygen atoms in total. The molecule has 0 aliphatic heterocycles. The van der Waals surface area contributed by atoms with Gasteiger partial charge in [-0.3, -0.25) is 0 Å². The summed E-state index contributed by atoms with van der Waals surface area (Å²) in [5.41, 5.74) is 0. The average Bonchev–Trinajstić information content (AvgIpc) is 2.66. The number of unbranched alkanes of at least 4 members (excludes halogenated alkanes) is 1. The number of aryl methyl sites for hydroxylation is 1. The van der Waals surface area contributed by atoms with E-state index in [4.69, 9.17) is 14.5 Å². The Morgan fingerprint density at radius 1 is 1.64 bits per heavy atom. The SMILES string of the molecule is COC(C)c1noc(CCCC#N)n1. The van der Waals surface area contributed by atoms with Crippen molar-refractivity contribution in [3.63, 3.8) is 0 Å². The van der Waals surface area contributed by atoms with Crippen molar-refractivity contribution in [1.82, 2.24) is 10.1 Å². The van der Waals surface area contributed by atoms with E-state index >= 15 is 0 Å². The lowest BCUT2D eigenvalue weighted by Gasteiger charge is -2.00. The quantitative estimate of drug-likeness (QED) is 0.667. The first-order chi connectivity index (χ1) is 6.77. The van der Waals surface area contributed by atoms with Crippen molar-refractivity contribution in [2.75, 3.05) is 7.11 Å². The lowest BCUT2D eigenvalue weighted by atomic mass is 10.2. The van der Waals surface area contributed by atoms with Crippen LogP contribution in [0.4, 0.5) is 0 Å². The van der Waals surface area contributed by atoms with Crippen molar-refractivity contribution in [3.05, 3.63) is 11.7 Å². The van der Waals surface area contributed by atoms with Crippen molar-refractivity contribution >= 4 is 0 Å². The third-order valence-electron chi connectivity index (χ3n) is 1.88. The fourth-order valence-electron chi connectivity index (χ4n) is 0.959. The molecule has 1 heterocycles. The molecule has 5 heteroatoms. The maximum absolute atomic E-state index is 8.34. The minimum Gasteiger partial charge on any atom is -0.374 e. The van der Waals surface area contributed by atoms with Gasteiger partial charge in [-0.05, 0) is 13.3 Å². The Bertz CT molecular complexity index is 316. The molecular formula is C9H13N3O2. The number of hydrogen-bond donors (Lipinski definition) is 0. The maximum Gasteiger partial charge on any atom is 0.226 e. The number of rotatable bonds is 5. The zero-order valence-electron chi connectivity index (χ0n) is 8.36. The normalized spacial score (nSPS) is 12.4. The van der Waals surface area contributed by atoms with Gasteiger partial charge in [-0.1, -0.05) is 5.16 Å². The average molecular weight is 195 g/mol. The number of hydrogen-bond acceptors (Lipinski definition) is 5. The third kappa shape index (κ3) is 2.82. The molecule has 0 N–H and O–H groups in total. The smallest absolute Gasteiger partial charge is 0.226 e. The van der Waals surface area contributed by atoms with E-state index in [0.29, 0.717) is 24.6 Å². The highest BCUT2D eigenvalue weighted by Crippen LogP contribution is 2.12. The summed E-state index contributed by atoms with van der Waals surface area (Å²) in [5, 5.41) is 12.1. The number of nitrogens with zero attached hydrogens (tertiary/aromatic N) is 3. The summed E-state index contributed by atoms with van der Waals surface area (Å²) in [6.07, 6.45) is 1.76. The summed E-state index contributed by atoms with van der Waals surface area (Å²) < 4.78 is 10.0. The summed E-state index contributed by atoms with van der Waals surface area (Å²) in [5.74, 6) is 1.12. The predicted octanol–water partition coefficient (Wildman–Crippen LogP) is 1.62. The molecule has 0 bridgehead atoms. The fourth-order valence-corrected chi connectivity index (χ4v) is 0.959. The molecule has 0 radical (unpaired) electrons. The van der Waals surface area contributed by atoms with Crippen LogP contribution in [0, 0.1) is 11.3 Å². The highest BCUT2D eigenvalue weighted by molar-refractivity contribution is 4.90. The molecule has 0 fully saturated rings. The standard InChI is InChI=1S/C9H13N3O2/c1-7(13-2)9-11-8(14-12-9)5-3-4-6-10/h7H,3-5H2,1-2H3. The van der Waals surface area contributed by atoms with Gasteiger partial charge in [-0.2, -0.15) is 10.2 Å². The molecule has 1 aromatic rings. The van der Waals surface area contributed by atoms with E-state index in [1.807, 2.05) is 6.92 Å². The molecule has 1 atom stereocenters. The van der Waals surface area contributed by atoms with Gasteiger partial charge in [0, 0.05) is 20.0 Å². The minimum atomic E-state index is -0.150. The Balaban J connectivity index is 2.47. The van der Waals surface area contributed by atoms with E-state index in [9.17, 15) is 0 Å². The van der Waals surface area contributed by atoms with Gasteiger partial charge in [0.25, 0.3) is 0 Å². The van der Waals surface area contributed by atoms with E-state index in [1.54, 1.807) is 7.11 Å². The molecule has 0 saturated carbocycles. The number of methoxy groups -OCH3 is 1. The molecule has 0 aliphatic rings. The molecule has 0 aromatic carbocycles. The summed E-state index contributed by atoms with van der Waals surface area (Å²) >= 11 is 0. The molecule has 1 rings (SSSR count). The van der Waals surface area contributed by atoms with Crippen LogP contribution in [0.3, 0.4) is 0 Å². The van der Waals surface area contributed by atoms with Crippen LogP contribution in [0.1, 0.15) is 37.6 Å². The van der Waals surface area contributed by atoms with Crippen LogP contribution in [0.5, 0.6) is 0 Å². The summed E-state index contributed by atoms with van der Waals surface area (Å²) in [4.78, 5) is 4.14. The van der Waals surface area contributed by atoms with Crippen LogP contribution in [0.2, 0.25) is 0 Å². The molecular weight excluding hydrogens is 182 g/mol. The Kier molecular flexibility index (Phi) is 4.08. The predicted molar refractivity (Wildman–Crippen MR) is 48.3 cm³/mol. The van der Waals surface area contributed by atoms with Gasteiger partial charge in [-0.25, -0.2) is 0 Å². The molecule has 76 valence electrons. The van der Waals surface area contributed by atoms with Crippen molar-refractivity contribution in [2.45, 2.75) is 32.3 Å². The van der Waals surface area contributed by atoms with Crippen LogP contribution >= 0.6 is 0 Å². The second-order valence-corrected chi connectivity index (χ2v) is 2.94. The van der Waals surface area contributed by atoms with Crippen molar-refractivity contribution in [1.29, 1.82) is 5.26 Å². The van der Waals surface area contributed by atoms with Gasteiger partial charge >= 0.3 is 0 Å². The van der Waals surface area contributed by atoms with Crippen molar-refractivity contribution < 1.29 is 9.26 Å². The van der Waals surface area contributed by atoms with Crippen molar-refractivity contribution in [2.24, 2.45) is 0 Å². The van der Waals surface area contributed by atoms with E-state index in [0.717, 1.165) is 6.42 Å². The zero-order valence-corrected chi connectivity index (χ0v) is 8.36. The summed E-state index contributed by atoms with van der Waals surface area (Å²) in [6.45, 7) is 1.85. The third-order valence-corrected chi connectivity index (χ3v) is 1.88. The van der Waals surface area contributed by atoms with E-state index < -0.39 is 0 Å². The van der Waals surface area contributed by atoms with E-state index in [-0.39, 0.29) is 6.10 Å². The first-order valence-corrected chi connectivity index (χ1v) is 4.50. The highest BCUT2D eigenvalue weighted by atomic mass is 16.5. The van der Waals surface area contributed by atoms with E-state index in [2.05, 4.69) is 16.2 Å². The monoisotopic (exact) mass is 195 g/mol. The topological polar surface area (TPSA) is 71.9 Å². The molecule has 1 aromatic heterocycles.